The van der Waals surface area contributed by atoms with Crippen LogP contribution in [0.3, 0.4) is 0 Å². The summed E-state index contributed by atoms with van der Waals surface area (Å²) in [7, 11) is 0. The monoisotopic (exact) mass is 315 g/mol. The second kappa shape index (κ2) is 8.12. The Hall–Kier alpha value is -2.63. The quantitative estimate of drug-likeness (QED) is 0.788. The molecule has 0 fully saturated rings. The van der Waals surface area contributed by atoms with Gasteiger partial charge in [-0.15, -0.1) is 0 Å². The van der Waals surface area contributed by atoms with Crippen LogP contribution in [0.2, 0.25) is 0 Å². The first-order chi connectivity index (χ1) is 11.1. The molecule has 122 valence electrons. The van der Waals surface area contributed by atoms with Crippen LogP contribution in [0.5, 0.6) is 0 Å². The van der Waals surface area contributed by atoms with Crippen molar-refractivity contribution in [2.75, 3.05) is 18.5 Å². The normalized spacial score (nSPS) is 10.3. The summed E-state index contributed by atoms with van der Waals surface area (Å²) >= 11 is 0. The molecule has 0 radical (unpaired) electrons. The third-order valence-electron chi connectivity index (χ3n) is 3.40. The summed E-state index contributed by atoms with van der Waals surface area (Å²) in [6.45, 7) is 4.25. The van der Waals surface area contributed by atoms with Gasteiger partial charge in [0.05, 0.1) is 6.61 Å². The maximum Gasteiger partial charge on any atom is 0.326 e. The molecule has 2 aromatic rings. The Morgan fingerprint density at radius 2 is 2.04 bits per heavy atom. The van der Waals surface area contributed by atoms with Crippen LogP contribution < -0.4 is 10.9 Å². The lowest BCUT2D eigenvalue weighted by Crippen LogP contribution is -2.30. The fourth-order valence-corrected chi connectivity index (χ4v) is 2.19. The first kappa shape index (κ1) is 16.7. The van der Waals surface area contributed by atoms with Gasteiger partial charge in [0.25, 0.3) is 5.56 Å². The van der Waals surface area contributed by atoms with Crippen molar-refractivity contribution in [3.63, 3.8) is 0 Å². The van der Waals surface area contributed by atoms with Crippen molar-refractivity contribution in [1.29, 1.82) is 0 Å². The highest BCUT2D eigenvalue weighted by Crippen LogP contribution is 2.02. The van der Waals surface area contributed by atoms with Crippen molar-refractivity contribution in [3.05, 3.63) is 58.1 Å². The van der Waals surface area contributed by atoms with E-state index in [0.717, 1.165) is 6.42 Å². The molecule has 1 N–H and O–H groups in total. The molecule has 0 bridgehead atoms. The Bertz CT molecular complexity index is 711. The Morgan fingerprint density at radius 3 is 2.74 bits per heavy atom. The highest BCUT2D eigenvalue weighted by atomic mass is 16.5. The van der Waals surface area contributed by atoms with Crippen LogP contribution in [0.25, 0.3) is 0 Å². The second-order valence-electron chi connectivity index (χ2n) is 5.11. The van der Waals surface area contributed by atoms with Gasteiger partial charge in [-0.25, -0.2) is 4.98 Å². The molecule has 0 amide bonds. The zero-order valence-corrected chi connectivity index (χ0v) is 13.4. The lowest BCUT2D eigenvalue weighted by molar-refractivity contribution is -0.143. The van der Waals surface area contributed by atoms with Gasteiger partial charge in [0.15, 0.2) is 5.82 Å². The number of nitrogens with one attached hydrogen (secondary N) is 1. The van der Waals surface area contributed by atoms with E-state index in [2.05, 4.69) is 10.3 Å². The summed E-state index contributed by atoms with van der Waals surface area (Å²) in [4.78, 5) is 28.1. The molecule has 6 nitrogen and oxygen atoms in total. The van der Waals surface area contributed by atoms with Crippen molar-refractivity contribution in [2.45, 2.75) is 26.8 Å². The number of rotatable bonds is 7. The molecule has 0 saturated carbocycles. The van der Waals surface area contributed by atoms with E-state index < -0.39 is 5.97 Å². The third kappa shape index (κ3) is 4.67. The van der Waals surface area contributed by atoms with Gasteiger partial charge in [-0.2, -0.15) is 0 Å². The summed E-state index contributed by atoms with van der Waals surface area (Å²) < 4.78 is 6.27. The molecular formula is C17H21N3O3. The van der Waals surface area contributed by atoms with Crippen LogP contribution in [0.4, 0.5) is 5.82 Å². The van der Waals surface area contributed by atoms with Gasteiger partial charge in [-0.3, -0.25) is 14.2 Å². The topological polar surface area (TPSA) is 73.2 Å². The predicted octanol–water partition coefficient (Wildman–Crippen LogP) is 1.77. The lowest BCUT2D eigenvalue weighted by Gasteiger charge is -2.11. The smallest absolute Gasteiger partial charge is 0.326 e. The maximum absolute atomic E-state index is 12.4. The van der Waals surface area contributed by atoms with Crippen molar-refractivity contribution in [2.24, 2.45) is 0 Å². The van der Waals surface area contributed by atoms with Crippen LogP contribution in [0, 0.1) is 6.92 Å². The fraction of sp³-hybridized carbons (Fsp3) is 0.353. The minimum absolute atomic E-state index is 0.103. The average molecular weight is 315 g/mol. The van der Waals surface area contributed by atoms with Crippen LogP contribution in [0.15, 0.2) is 41.3 Å². The number of hydrogen-bond acceptors (Lipinski definition) is 5. The molecule has 0 aliphatic heterocycles. The molecular weight excluding hydrogens is 294 g/mol. The number of carbonyl (C=O) groups is 1. The van der Waals surface area contributed by atoms with Crippen LogP contribution in [-0.4, -0.2) is 28.7 Å². The first-order valence-corrected chi connectivity index (χ1v) is 7.61. The molecule has 0 aliphatic rings. The van der Waals surface area contributed by atoms with Crippen molar-refractivity contribution >= 4 is 11.8 Å². The summed E-state index contributed by atoms with van der Waals surface area (Å²) in [5.41, 5.74) is 1.49. The number of benzene rings is 1. The molecule has 0 unspecified atom stereocenters. The van der Waals surface area contributed by atoms with Gasteiger partial charge >= 0.3 is 5.97 Å². The van der Waals surface area contributed by atoms with Gasteiger partial charge in [-0.05, 0) is 25.8 Å². The fourth-order valence-electron chi connectivity index (χ4n) is 2.19. The van der Waals surface area contributed by atoms with E-state index in [0.29, 0.717) is 18.8 Å². The van der Waals surface area contributed by atoms with E-state index in [1.807, 2.05) is 30.3 Å². The molecule has 1 aromatic heterocycles. The third-order valence-corrected chi connectivity index (χ3v) is 3.40. The van der Waals surface area contributed by atoms with Gasteiger partial charge in [0.1, 0.15) is 6.54 Å². The summed E-state index contributed by atoms with van der Waals surface area (Å²) in [6.07, 6.45) is 2.36. The number of hydrogen-bond donors (Lipinski definition) is 1. The first-order valence-electron chi connectivity index (χ1n) is 7.61. The zero-order valence-electron chi connectivity index (χ0n) is 13.4. The molecule has 1 heterocycles. The van der Waals surface area contributed by atoms with Crippen LogP contribution in [-0.2, 0) is 22.5 Å². The van der Waals surface area contributed by atoms with Crippen molar-refractivity contribution in [3.8, 4) is 0 Å². The molecule has 0 saturated heterocycles. The molecule has 6 heteroatoms. The standard InChI is InChI=1S/C17H21N3O3/c1-3-23-15(21)12-20-13(2)11-19-16(17(20)22)18-10-9-14-7-5-4-6-8-14/h4-8,11H,3,9-10,12H2,1-2H3,(H,18,19). The largest absolute Gasteiger partial charge is 0.465 e. The average Bonchev–Trinajstić information content (AvgIpc) is 2.55. The number of aromatic nitrogens is 2. The molecule has 1 aromatic carbocycles. The minimum Gasteiger partial charge on any atom is -0.465 e. The maximum atomic E-state index is 12.4. The van der Waals surface area contributed by atoms with Gasteiger partial charge < -0.3 is 10.1 Å². The highest BCUT2D eigenvalue weighted by molar-refractivity contribution is 5.69. The van der Waals surface area contributed by atoms with E-state index in [1.54, 1.807) is 20.0 Å². The number of ether oxygens (including phenoxy) is 1. The van der Waals surface area contributed by atoms with E-state index in [4.69, 9.17) is 4.74 Å². The van der Waals surface area contributed by atoms with E-state index >= 15 is 0 Å². The Kier molecular flexibility index (Phi) is 5.91. The summed E-state index contributed by atoms with van der Waals surface area (Å²) in [5, 5.41) is 3.04. The minimum atomic E-state index is -0.431. The molecule has 0 atom stereocenters. The Balaban J connectivity index is 2.05. The van der Waals surface area contributed by atoms with Gasteiger partial charge in [-0.1, -0.05) is 30.3 Å². The molecule has 0 spiro atoms. The van der Waals surface area contributed by atoms with Crippen LogP contribution in [0.1, 0.15) is 18.2 Å². The lowest BCUT2D eigenvalue weighted by atomic mass is 10.1. The molecule has 23 heavy (non-hydrogen) atoms. The van der Waals surface area contributed by atoms with Crippen molar-refractivity contribution in [1.82, 2.24) is 9.55 Å². The summed E-state index contributed by atoms with van der Waals surface area (Å²) in [5.74, 6) is -0.185. The number of nitrogens with zero attached hydrogens (tertiary/aromatic N) is 2. The van der Waals surface area contributed by atoms with Gasteiger partial charge in [0, 0.05) is 18.4 Å². The SMILES string of the molecule is CCOC(=O)Cn1c(C)cnc(NCCc2ccccc2)c1=O. The molecule has 2 rings (SSSR count). The van der Waals surface area contributed by atoms with Gasteiger partial charge in [0.2, 0.25) is 0 Å². The van der Waals surface area contributed by atoms with E-state index in [-0.39, 0.29) is 17.9 Å². The van der Waals surface area contributed by atoms with E-state index in [9.17, 15) is 9.59 Å². The Morgan fingerprint density at radius 1 is 1.30 bits per heavy atom. The van der Waals surface area contributed by atoms with E-state index in [1.165, 1.54) is 10.1 Å². The second-order valence-corrected chi connectivity index (χ2v) is 5.11. The summed E-state index contributed by atoms with van der Waals surface area (Å²) in [6, 6.07) is 9.98. The number of esters is 1. The Labute approximate surface area is 135 Å². The zero-order chi connectivity index (χ0) is 16.7. The number of anilines is 1. The predicted molar refractivity (Wildman–Crippen MR) is 88.5 cm³/mol. The van der Waals surface area contributed by atoms with Crippen LogP contribution >= 0.6 is 0 Å². The number of carbonyl (C=O) groups excluding carboxylic acids is 1. The number of aryl methyl sites for hydroxylation is 1. The highest BCUT2D eigenvalue weighted by Gasteiger charge is 2.11. The van der Waals surface area contributed by atoms with Crippen molar-refractivity contribution < 1.29 is 9.53 Å². The molecule has 0 aliphatic carbocycles.